The maximum Gasteiger partial charge on any atom is 0.274 e. The minimum absolute atomic E-state index is 0.0951. The molecule has 0 saturated carbocycles. The molecule has 3 amide bonds. The van der Waals surface area contributed by atoms with E-state index in [0.717, 1.165) is 5.56 Å². The maximum atomic E-state index is 13.1. The van der Waals surface area contributed by atoms with Crippen LogP contribution >= 0.6 is 0 Å². The van der Waals surface area contributed by atoms with Crippen LogP contribution in [-0.4, -0.2) is 82.0 Å². The third-order valence-corrected chi connectivity index (χ3v) is 7.20. The standard InChI is InChI=1S/C24H28FN5O5/c1-23(22(33)26-14-16-3-5-17(25)6-4-16)15-30-19(21(32)28(23)2)13-18(27-30)20(31)29-9-7-24(8-10-29)34-11-12-35-24/h3-6,13H,7-12,14-15H2,1-2H3,(H,26,33)/t23-/m0/s1. The number of amides is 3. The molecular formula is C24H28FN5O5. The first-order valence-electron chi connectivity index (χ1n) is 11.7. The van der Waals surface area contributed by atoms with Crippen molar-refractivity contribution in [2.24, 2.45) is 0 Å². The van der Waals surface area contributed by atoms with Gasteiger partial charge < -0.3 is 24.6 Å². The molecule has 0 bridgehead atoms. The predicted octanol–water partition coefficient (Wildman–Crippen LogP) is 1.16. The van der Waals surface area contributed by atoms with Crippen molar-refractivity contribution < 1.29 is 28.2 Å². The largest absolute Gasteiger partial charge is 0.350 e. The van der Waals surface area contributed by atoms with Crippen molar-refractivity contribution in [1.29, 1.82) is 0 Å². The molecule has 0 radical (unpaired) electrons. The van der Waals surface area contributed by atoms with Gasteiger partial charge in [-0.3, -0.25) is 19.1 Å². The average Bonchev–Trinajstić information content (AvgIpc) is 3.49. The van der Waals surface area contributed by atoms with Gasteiger partial charge in [0.05, 0.1) is 19.8 Å². The van der Waals surface area contributed by atoms with E-state index >= 15 is 0 Å². The molecule has 35 heavy (non-hydrogen) atoms. The normalized spacial score (nSPS) is 23.5. The summed E-state index contributed by atoms with van der Waals surface area (Å²) in [5, 5.41) is 7.22. The van der Waals surface area contributed by atoms with Crippen LogP contribution in [0.5, 0.6) is 0 Å². The fraction of sp³-hybridized carbons (Fsp3) is 0.500. The minimum Gasteiger partial charge on any atom is -0.350 e. The number of likely N-dealkylation sites (tertiary alicyclic amines) is 1. The highest BCUT2D eigenvalue weighted by Crippen LogP contribution is 2.32. The smallest absolute Gasteiger partial charge is 0.274 e. The molecule has 1 N–H and O–H groups in total. The monoisotopic (exact) mass is 485 g/mol. The Morgan fingerprint density at radius 3 is 2.46 bits per heavy atom. The molecule has 1 atom stereocenters. The predicted molar refractivity (Wildman–Crippen MR) is 121 cm³/mol. The lowest BCUT2D eigenvalue weighted by Gasteiger charge is -2.40. The molecule has 186 valence electrons. The summed E-state index contributed by atoms with van der Waals surface area (Å²) in [7, 11) is 1.56. The number of fused-ring (bicyclic) bond motifs is 1. The number of piperidine rings is 1. The van der Waals surface area contributed by atoms with Crippen LogP contribution in [0.2, 0.25) is 0 Å². The van der Waals surface area contributed by atoms with Crippen LogP contribution < -0.4 is 5.32 Å². The lowest BCUT2D eigenvalue weighted by Crippen LogP contribution is -2.62. The Hall–Kier alpha value is -3.31. The van der Waals surface area contributed by atoms with Gasteiger partial charge in [0.15, 0.2) is 11.5 Å². The Labute approximate surface area is 201 Å². The van der Waals surface area contributed by atoms with E-state index in [9.17, 15) is 18.8 Å². The zero-order valence-electron chi connectivity index (χ0n) is 19.8. The number of nitrogens with zero attached hydrogens (tertiary/aromatic N) is 4. The minimum atomic E-state index is -1.22. The van der Waals surface area contributed by atoms with E-state index in [-0.39, 0.29) is 42.1 Å². The van der Waals surface area contributed by atoms with Crippen molar-refractivity contribution in [3.05, 3.63) is 53.1 Å². The molecule has 11 heteroatoms. The molecule has 1 aromatic heterocycles. The SMILES string of the molecule is CN1C(=O)c2cc(C(=O)N3CCC4(CC3)OCCO4)nn2C[C@@]1(C)C(=O)NCc1ccc(F)cc1. The second-order valence-electron chi connectivity index (χ2n) is 9.42. The topological polar surface area (TPSA) is 106 Å². The first-order chi connectivity index (χ1) is 16.7. The van der Waals surface area contributed by atoms with Gasteiger partial charge in [-0.05, 0) is 24.6 Å². The third kappa shape index (κ3) is 4.19. The number of carbonyl (C=O) groups is 3. The van der Waals surface area contributed by atoms with Gasteiger partial charge in [-0.15, -0.1) is 0 Å². The Morgan fingerprint density at radius 2 is 1.80 bits per heavy atom. The molecule has 5 rings (SSSR count). The lowest BCUT2D eigenvalue weighted by molar-refractivity contribution is -0.181. The summed E-state index contributed by atoms with van der Waals surface area (Å²) in [5.74, 6) is -1.98. The van der Waals surface area contributed by atoms with E-state index in [1.807, 2.05) is 0 Å². The van der Waals surface area contributed by atoms with Crippen LogP contribution in [0.15, 0.2) is 30.3 Å². The van der Waals surface area contributed by atoms with Crippen LogP contribution in [0.4, 0.5) is 4.39 Å². The van der Waals surface area contributed by atoms with E-state index in [1.54, 1.807) is 31.0 Å². The zero-order chi connectivity index (χ0) is 24.8. The number of benzene rings is 1. The first kappa shape index (κ1) is 23.4. The van der Waals surface area contributed by atoms with Crippen molar-refractivity contribution in [1.82, 2.24) is 24.9 Å². The number of carbonyl (C=O) groups excluding carboxylic acids is 3. The van der Waals surface area contributed by atoms with E-state index in [1.165, 1.54) is 27.8 Å². The second kappa shape index (κ2) is 8.72. The molecule has 3 aliphatic heterocycles. The number of nitrogens with one attached hydrogen (secondary N) is 1. The van der Waals surface area contributed by atoms with Crippen molar-refractivity contribution >= 4 is 17.7 Å². The number of aromatic nitrogens is 2. The molecule has 1 spiro atoms. The first-order valence-corrected chi connectivity index (χ1v) is 11.7. The van der Waals surface area contributed by atoms with Gasteiger partial charge in [0.2, 0.25) is 5.91 Å². The van der Waals surface area contributed by atoms with Gasteiger partial charge in [0.1, 0.15) is 17.1 Å². The molecule has 0 aliphatic carbocycles. The van der Waals surface area contributed by atoms with Gasteiger partial charge in [-0.1, -0.05) is 12.1 Å². The summed E-state index contributed by atoms with van der Waals surface area (Å²) < 4.78 is 26.0. The van der Waals surface area contributed by atoms with Crippen LogP contribution in [-0.2, 0) is 27.4 Å². The Bertz CT molecular complexity index is 1150. The molecule has 2 aromatic rings. The molecule has 2 saturated heterocycles. The van der Waals surface area contributed by atoms with Crippen molar-refractivity contribution in [3.8, 4) is 0 Å². The fourth-order valence-electron chi connectivity index (χ4n) is 4.80. The summed E-state index contributed by atoms with van der Waals surface area (Å²) in [6.07, 6.45) is 1.17. The number of rotatable bonds is 4. The third-order valence-electron chi connectivity index (χ3n) is 7.20. The average molecular weight is 486 g/mol. The second-order valence-corrected chi connectivity index (χ2v) is 9.42. The van der Waals surface area contributed by atoms with Gasteiger partial charge >= 0.3 is 0 Å². The molecule has 1 aromatic carbocycles. The molecule has 10 nitrogen and oxygen atoms in total. The van der Waals surface area contributed by atoms with Crippen molar-refractivity contribution in [2.75, 3.05) is 33.4 Å². The highest BCUT2D eigenvalue weighted by Gasteiger charge is 2.47. The van der Waals surface area contributed by atoms with Crippen LogP contribution in [0.3, 0.4) is 0 Å². The number of ether oxygens (including phenoxy) is 2. The van der Waals surface area contributed by atoms with E-state index in [4.69, 9.17) is 9.47 Å². The maximum absolute atomic E-state index is 13.1. The Balaban J connectivity index is 1.28. The van der Waals surface area contributed by atoms with E-state index in [2.05, 4.69) is 10.4 Å². The van der Waals surface area contributed by atoms with E-state index in [0.29, 0.717) is 39.1 Å². The Kier molecular flexibility index (Phi) is 5.84. The van der Waals surface area contributed by atoms with Gasteiger partial charge in [-0.25, -0.2) is 4.39 Å². The van der Waals surface area contributed by atoms with Crippen LogP contribution in [0.25, 0.3) is 0 Å². The van der Waals surface area contributed by atoms with Crippen LogP contribution in [0.1, 0.15) is 46.3 Å². The summed E-state index contributed by atoms with van der Waals surface area (Å²) in [4.78, 5) is 42.4. The van der Waals surface area contributed by atoms with E-state index < -0.39 is 17.2 Å². The van der Waals surface area contributed by atoms with Crippen molar-refractivity contribution in [3.63, 3.8) is 0 Å². The molecule has 0 unspecified atom stereocenters. The van der Waals surface area contributed by atoms with Gasteiger partial charge in [0.25, 0.3) is 11.8 Å². The van der Waals surface area contributed by atoms with Crippen LogP contribution in [0, 0.1) is 5.82 Å². The molecular weight excluding hydrogens is 457 g/mol. The molecule has 3 aliphatic rings. The number of halogens is 1. The molecule has 2 fully saturated rings. The summed E-state index contributed by atoms with van der Waals surface area (Å²) in [5.41, 5.74) is -0.0551. The highest BCUT2D eigenvalue weighted by atomic mass is 19.1. The highest BCUT2D eigenvalue weighted by molar-refractivity contribution is 6.01. The Morgan fingerprint density at radius 1 is 1.14 bits per heavy atom. The van der Waals surface area contributed by atoms with Crippen molar-refractivity contribution in [2.45, 2.75) is 44.2 Å². The lowest BCUT2D eigenvalue weighted by atomic mass is 9.96. The van der Waals surface area contributed by atoms with Gasteiger partial charge in [-0.2, -0.15) is 5.10 Å². The van der Waals surface area contributed by atoms with Gasteiger partial charge in [0, 0.05) is 45.6 Å². The number of hydrogen-bond donors (Lipinski definition) is 1. The number of likely N-dealkylation sites (N-methyl/N-ethyl adjacent to an activating group) is 1. The fourth-order valence-corrected chi connectivity index (χ4v) is 4.80. The summed E-state index contributed by atoms with van der Waals surface area (Å²) >= 11 is 0. The number of hydrogen-bond acceptors (Lipinski definition) is 6. The quantitative estimate of drug-likeness (QED) is 0.697. The summed E-state index contributed by atoms with van der Waals surface area (Å²) in [6, 6.07) is 7.31. The molecule has 4 heterocycles. The summed E-state index contributed by atoms with van der Waals surface area (Å²) in [6.45, 7) is 4.01. The zero-order valence-corrected chi connectivity index (χ0v) is 19.8.